The maximum atomic E-state index is 12.3. The van der Waals surface area contributed by atoms with E-state index in [-0.39, 0.29) is 6.20 Å². The number of nitrogens with zero attached hydrogens (tertiary/aromatic N) is 1. The molecule has 0 bridgehead atoms. The summed E-state index contributed by atoms with van der Waals surface area (Å²) < 4.78 is 61.6. The Labute approximate surface area is 89.0 Å². The van der Waals surface area contributed by atoms with Crippen LogP contribution in [-0.4, -0.2) is 9.91 Å². The van der Waals surface area contributed by atoms with Crippen molar-refractivity contribution in [2.45, 2.75) is 12.6 Å². The Morgan fingerprint density at radius 1 is 1.35 bits per heavy atom. The number of nitrogens with one attached hydrogen (secondary N) is 1. The van der Waals surface area contributed by atoms with Gasteiger partial charge < -0.3 is 4.98 Å². The molecule has 0 atom stereocenters. The zero-order valence-corrected chi connectivity index (χ0v) is 7.72. The summed E-state index contributed by atoms with van der Waals surface area (Å²) in [5.74, 6) is 0. The molecule has 0 saturated heterocycles. The Balaban J connectivity index is 3.72. The van der Waals surface area contributed by atoms with E-state index in [1.54, 1.807) is 0 Å². The summed E-state index contributed by atoms with van der Waals surface area (Å²) in [5, 5.41) is 10.4. The molecule has 0 radical (unpaired) electrons. The first-order valence-corrected chi connectivity index (χ1v) is 3.91. The van der Waals surface area contributed by atoms with Crippen LogP contribution in [-0.2, 0) is 6.18 Å². The quantitative estimate of drug-likeness (QED) is 0.502. The molecule has 0 amide bonds. The number of alkyl halides is 5. The summed E-state index contributed by atoms with van der Waals surface area (Å²) in [5.41, 5.74) is -7.27. The number of hydrogen-bond acceptors (Lipinski definition) is 3. The van der Waals surface area contributed by atoms with E-state index in [9.17, 15) is 36.9 Å². The second-order valence-corrected chi connectivity index (χ2v) is 2.85. The van der Waals surface area contributed by atoms with Gasteiger partial charge in [0.1, 0.15) is 5.56 Å². The average molecular weight is 258 g/mol. The van der Waals surface area contributed by atoms with E-state index in [0.717, 1.165) is 0 Å². The Morgan fingerprint density at radius 3 is 2.24 bits per heavy atom. The molecule has 10 heteroatoms. The lowest BCUT2D eigenvalue weighted by Gasteiger charge is -2.09. The highest BCUT2D eigenvalue weighted by Crippen LogP contribution is 2.38. The first kappa shape index (κ1) is 13.1. The van der Waals surface area contributed by atoms with Gasteiger partial charge in [0.2, 0.25) is 0 Å². The van der Waals surface area contributed by atoms with Crippen molar-refractivity contribution in [1.29, 1.82) is 0 Å². The Bertz CT molecular complexity index is 507. The van der Waals surface area contributed by atoms with Gasteiger partial charge in [-0.05, 0) is 0 Å². The number of pyridine rings is 1. The second kappa shape index (κ2) is 4.11. The van der Waals surface area contributed by atoms with E-state index in [1.807, 2.05) is 0 Å². The third-order valence-electron chi connectivity index (χ3n) is 1.81. The van der Waals surface area contributed by atoms with Gasteiger partial charge in [0, 0.05) is 6.20 Å². The van der Waals surface area contributed by atoms with Crippen LogP contribution < -0.4 is 5.56 Å². The van der Waals surface area contributed by atoms with Gasteiger partial charge in [-0.1, -0.05) is 0 Å². The molecule has 0 aliphatic heterocycles. The molecule has 5 nitrogen and oxygen atoms in total. The maximum absolute atomic E-state index is 12.3. The molecule has 1 aromatic rings. The second-order valence-electron chi connectivity index (χ2n) is 2.85. The monoisotopic (exact) mass is 258 g/mol. The Hall–Kier alpha value is -2.00. The minimum absolute atomic E-state index is 0.00759. The number of rotatable bonds is 2. The van der Waals surface area contributed by atoms with Crippen molar-refractivity contribution < 1.29 is 26.9 Å². The number of hydrogen-bond donors (Lipinski definition) is 1. The summed E-state index contributed by atoms with van der Waals surface area (Å²) >= 11 is 0. The number of H-pyrrole nitrogens is 1. The summed E-state index contributed by atoms with van der Waals surface area (Å²) in [6.45, 7) is 0. The van der Waals surface area contributed by atoms with Gasteiger partial charge in [-0.25, -0.2) is 8.78 Å². The van der Waals surface area contributed by atoms with Crippen LogP contribution in [0, 0.1) is 10.1 Å². The van der Waals surface area contributed by atoms with E-state index >= 15 is 0 Å². The molecule has 0 spiro atoms. The highest BCUT2D eigenvalue weighted by atomic mass is 19.4. The van der Waals surface area contributed by atoms with Crippen molar-refractivity contribution in [3.63, 3.8) is 0 Å². The third kappa shape index (κ3) is 2.40. The smallest absolute Gasteiger partial charge is 0.328 e. The van der Waals surface area contributed by atoms with Crippen LogP contribution in [0.2, 0.25) is 0 Å². The fourth-order valence-corrected chi connectivity index (χ4v) is 1.15. The van der Waals surface area contributed by atoms with Crippen LogP contribution in [0.3, 0.4) is 0 Å². The highest BCUT2D eigenvalue weighted by molar-refractivity contribution is 5.47. The predicted molar refractivity (Wildman–Crippen MR) is 43.7 cm³/mol. The standard InChI is InChI=1S/C7H3F5N2O3/c8-5(9)3-4(14(16)17)2(7(10,11)12)1-13-6(3)15/h1,5H,(H,13,15). The molecular formula is C7H3F5N2O3. The van der Waals surface area contributed by atoms with E-state index in [1.165, 1.54) is 4.98 Å². The molecule has 1 rings (SSSR count). The molecule has 94 valence electrons. The van der Waals surface area contributed by atoms with Crippen LogP contribution in [0.4, 0.5) is 27.6 Å². The van der Waals surface area contributed by atoms with Crippen LogP contribution in [0.25, 0.3) is 0 Å². The Kier molecular flexibility index (Phi) is 3.16. The number of halogens is 5. The lowest BCUT2D eigenvalue weighted by Crippen LogP contribution is -2.20. The molecular weight excluding hydrogens is 255 g/mol. The fraction of sp³-hybridized carbons (Fsp3) is 0.286. The van der Waals surface area contributed by atoms with Crippen molar-refractivity contribution in [3.8, 4) is 0 Å². The molecule has 0 aliphatic carbocycles. The summed E-state index contributed by atoms with van der Waals surface area (Å²) in [6.07, 6.45) is -8.90. The zero-order valence-electron chi connectivity index (χ0n) is 7.72. The van der Waals surface area contributed by atoms with Crippen LogP contribution >= 0.6 is 0 Å². The maximum Gasteiger partial charge on any atom is 0.424 e. The van der Waals surface area contributed by atoms with Crippen molar-refractivity contribution in [2.24, 2.45) is 0 Å². The highest BCUT2D eigenvalue weighted by Gasteiger charge is 2.42. The number of aromatic nitrogens is 1. The molecule has 0 aromatic carbocycles. The van der Waals surface area contributed by atoms with Gasteiger partial charge in [-0.2, -0.15) is 13.2 Å². The molecule has 0 unspecified atom stereocenters. The van der Waals surface area contributed by atoms with Crippen molar-refractivity contribution in [3.05, 3.63) is 37.8 Å². The summed E-state index contributed by atoms with van der Waals surface area (Å²) in [7, 11) is 0. The first-order valence-electron chi connectivity index (χ1n) is 3.91. The van der Waals surface area contributed by atoms with E-state index in [0.29, 0.717) is 0 Å². The normalized spacial score (nSPS) is 11.9. The summed E-state index contributed by atoms with van der Waals surface area (Å²) in [4.78, 5) is 21.0. The molecule has 0 saturated carbocycles. The minimum Gasteiger partial charge on any atom is -0.328 e. The van der Waals surface area contributed by atoms with Crippen molar-refractivity contribution in [1.82, 2.24) is 4.98 Å². The molecule has 1 heterocycles. The zero-order chi connectivity index (χ0) is 13.4. The molecule has 17 heavy (non-hydrogen) atoms. The average Bonchev–Trinajstić information content (AvgIpc) is 2.14. The van der Waals surface area contributed by atoms with E-state index in [4.69, 9.17) is 0 Å². The van der Waals surface area contributed by atoms with Crippen LogP contribution in [0.5, 0.6) is 0 Å². The minimum atomic E-state index is -5.21. The largest absolute Gasteiger partial charge is 0.424 e. The van der Waals surface area contributed by atoms with Gasteiger partial charge in [-0.15, -0.1) is 0 Å². The van der Waals surface area contributed by atoms with Gasteiger partial charge in [0.05, 0.1) is 4.92 Å². The number of aromatic amines is 1. The van der Waals surface area contributed by atoms with Gasteiger partial charge in [-0.3, -0.25) is 14.9 Å². The van der Waals surface area contributed by atoms with Crippen LogP contribution in [0.15, 0.2) is 11.0 Å². The van der Waals surface area contributed by atoms with Crippen molar-refractivity contribution in [2.75, 3.05) is 0 Å². The lowest BCUT2D eigenvalue weighted by atomic mass is 10.1. The van der Waals surface area contributed by atoms with Gasteiger partial charge in [0.15, 0.2) is 5.56 Å². The topological polar surface area (TPSA) is 76.0 Å². The van der Waals surface area contributed by atoms with E-state index in [2.05, 4.69) is 0 Å². The van der Waals surface area contributed by atoms with Gasteiger partial charge in [0.25, 0.3) is 17.7 Å². The SMILES string of the molecule is O=c1[nH]cc(C(F)(F)F)c([N+](=O)[O-])c1C(F)F. The lowest BCUT2D eigenvalue weighted by molar-refractivity contribution is -0.389. The molecule has 1 N–H and O–H groups in total. The molecule has 1 aromatic heterocycles. The predicted octanol–water partition coefficient (Wildman–Crippen LogP) is 2.24. The first-order chi connectivity index (χ1) is 7.66. The van der Waals surface area contributed by atoms with Crippen LogP contribution in [0.1, 0.15) is 17.6 Å². The Morgan fingerprint density at radius 2 is 1.88 bits per heavy atom. The molecule has 0 aliphatic rings. The summed E-state index contributed by atoms with van der Waals surface area (Å²) in [6, 6.07) is 0. The third-order valence-corrected chi connectivity index (χ3v) is 1.81. The molecule has 0 fully saturated rings. The van der Waals surface area contributed by atoms with Gasteiger partial charge >= 0.3 is 6.18 Å². The number of nitro groups is 1. The van der Waals surface area contributed by atoms with E-state index < -0.39 is 39.9 Å². The fourth-order valence-electron chi connectivity index (χ4n) is 1.15. The van der Waals surface area contributed by atoms with Crippen molar-refractivity contribution >= 4 is 5.69 Å².